The molecule has 0 aliphatic carbocycles. The minimum absolute atomic E-state index is 0.233. The quantitative estimate of drug-likeness (QED) is 0.524. The molecule has 1 heterocycles. The number of nitrogens with zero attached hydrogens (tertiary/aromatic N) is 1. The molecule has 1 aromatic heterocycles. The third-order valence-electron chi connectivity index (χ3n) is 4.21. The average Bonchev–Trinajstić information content (AvgIpc) is 3.00. The van der Waals surface area contributed by atoms with Crippen molar-refractivity contribution in [3.05, 3.63) is 107 Å². The lowest BCUT2D eigenvalue weighted by atomic mass is 10.1. The number of rotatable bonds is 4. The Kier molecular flexibility index (Phi) is 4.23. The highest BCUT2D eigenvalue weighted by Crippen LogP contribution is 2.31. The van der Waals surface area contributed by atoms with E-state index in [1.54, 1.807) is 16.7 Å². The molecule has 0 radical (unpaired) electrons. The standard InChI is InChI=1S/C22H16FNO2/c23-19-13-7-8-16(14-19)15-24-20(17-9-3-1-4-10-17)21(26-22(24)25)18-11-5-2-6-12-18/h1-14H,15H2. The second kappa shape index (κ2) is 6.84. The van der Waals surface area contributed by atoms with E-state index in [4.69, 9.17) is 4.42 Å². The first-order valence-electron chi connectivity index (χ1n) is 8.31. The van der Waals surface area contributed by atoms with E-state index in [-0.39, 0.29) is 12.4 Å². The Morgan fingerprint density at radius 3 is 2.12 bits per heavy atom. The van der Waals surface area contributed by atoms with Gasteiger partial charge in [0.1, 0.15) is 5.82 Å². The molecule has 3 aromatic carbocycles. The number of benzene rings is 3. The van der Waals surface area contributed by atoms with Gasteiger partial charge in [-0.05, 0) is 17.7 Å². The molecule has 0 bridgehead atoms. The molecule has 128 valence electrons. The minimum Gasteiger partial charge on any atom is -0.407 e. The molecule has 3 nitrogen and oxygen atoms in total. The van der Waals surface area contributed by atoms with Crippen LogP contribution >= 0.6 is 0 Å². The monoisotopic (exact) mass is 345 g/mol. The fourth-order valence-corrected chi connectivity index (χ4v) is 3.03. The normalized spacial score (nSPS) is 10.8. The first-order chi connectivity index (χ1) is 12.7. The molecule has 4 heteroatoms. The van der Waals surface area contributed by atoms with Crippen molar-refractivity contribution in [2.24, 2.45) is 0 Å². The zero-order chi connectivity index (χ0) is 17.9. The van der Waals surface area contributed by atoms with Crippen molar-refractivity contribution in [2.75, 3.05) is 0 Å². The largest absolute Gasteiger partial charge is 0.420 e. The number of hydrogen-bond acceptors (Lipinski definition) is 2. The topological polar surface area (TPSA) is 35.1 Å². The van der Waals surface area contributed by atoms with Crippen LogP contribution < -0.4 is 5.76 Å². The highest BCUT2D eigenvalue weighted by Gasteiger charge is 2.20. The lowest BCUT2D eigenvalue weighted by molar-refractivity contribution is 0.497. The average molecular weight is 345 g/mol. The maximum Gasteiger partial charge on any atom is 0.420 e. The van der Waals surface area contributed by atoms with Crippen LogP contribution in [0.4, 0.5) is 4.39 Å². The summed E-state index contributed by atoms with van der Waals surface area (Å²) < 4.78 is 20.7. The molecular weight excluding hydrogens is 329 g/mol. The minimum atomic E-state index is -0.466. The molecule has 4 aromatic rings. The van der Waals surface area contributed by atoms with Gasteiger partial charge in [0.05, 0.1) is 12.2 Å². The zero-order valence-corrected chi connectivity index (χ0v) is 13.9. The molecule has 26 heavy (non-hydrogen) atoms. The Bertz CT molecular complexity index is 1080. The first-order valence-corrected chi connectivity index (χ1v) is 8.31. The van der Waals surface area contributed by atoms with Gasteiger partial charge in [-0.15, -0.1) is 0 Å². The first kappa shape index (κ1) is 16.1. The van der Waals surface area contributed by atoms with Gasteiger partial charge in [-0.1, -0.05) is 72.8 Å². The summed E-state index contributed by atoms with van der Waals surface area (Å²) in [6, 6.07) is 25.3. The Morgan fingerprint density at radius 1 is 0.808 bits per heavy atom. The van der Waals surface area contributed by atoms with E-state index in [0.29, 0.717) is 17.0 Å². The smallest absolute Gasteiger partial charge is 0.407 e. The van der Waals surface area contributed by atoms with Gasteiger partial charge in [0.25, 0.3) is 0 Å². The van der Waals surface area contributed by atoms with Gasteiger partial charge in [-0.2, -0.15) is 0 Å². The van der Waals surface area contributed by atoms with Crippen molar-refractivity contribution in [2.45, 2.75) is 6.54 Å². The number of oxazole rings is 1. The van der Waals surface area contributed by atoms with E-state index < -0.39 is 5.76 Å². The van der Waals surface area contributed by atoms with Crippen molar-refractivity contribution >= 4 is 0 Å². The van der Waals surface area contributed by atoms with Crippen molar-refractivity contribution in [3.63, 3.8) is 0 Å². The van der Waals surface area contributed by atoms with E-state index in [9.17, 15) is 9.18 Å². The summed E-state index contributed by atoms with van der Waals surface area (Å²) in [5.41, 5.74) is 3.07. The summed E-state index contributed by atoms with van der Waals surface area (Å²) >= 11 is 0. The molecule has 0 unspecified atom stereocenters. The lowest BCUT2D eigenvalue weighted by Crippen LogP contribution is -2.16. The van der Waals surface area contributed by atoms with Crippen LogP contribution in [0.25, 0.3) is 22.6 Å². The molecule has 0 aliphatic rings. The second-order valence-electron chi connectivity index (χ2n) is 5.99. The maximum atomic E-state index is 13.6. The van der Waals surface area contributed by atoms with Crippen molar-refractivity contribution in [3.8, 4) is 22.6 Å². The van der Waals surface area contributed by atoms with Gasteiger partial charge in [0, 0.05) is 11.1 Å². The number of hydrogen-bond donors (Lipinski definition) is 0. The van der Waals surface area contributed by atoms with Gasteiger partial charge >= 0.3 is 5.76 Å². The van der Waals surface area contributed by atoms with Gasteiger partial charge in [0.2, 0.25) is 0 Å². The Morgan fingerprint density at radius 2 is 1.46 bits per heavy atom. The van der Waals surface area contributed by atoms with E-state index in [0.717, 1.165) is 11.1 Å². The van der Waals surface area contributed by atoms with Gasteiger partial charge in [0.15, 0.2) is 5.76 Å². The summed E-state index contributed by atoms with van der Waals surface area (Å²) in [5, 5.41) is 0. The van der Waals surface area contributed by atoms with Crippen LogP contribution in [0.5, 0.6) is 0 Å². The van der Waals surface area contributed by atoms with E-state index in [2.05, 4.69) is 0 Å². The van der Waals surface area contributed by atoms with Gasteiger partial charge < -0.3 is 4.42 Å². The van der Waals surface area contributed by atoms with E-state index >= 15 is 0 Å². The summed E-state index contributed by atoms with van der Waals surface area (Å²) in [4.78, 5) is 12.6. The molecular formula is C22H16FNO2. The van der Waals surface area contributed by atoms with Crippen LogP contribution in [0.2, 0.25) is 0 Å². The van der Waals surface area contributed by atoms with Crippen LogP contribution in [0.3, 0.4) is 0 Å². The van der Waals surface area contributed by atoms with Gasteiger partial charge in [-0.3, -0.25) is 4.57 Å². The van der Waals surface area contributed by atoms with E-state index in [1.807, 2.05) is 60.7 Å². The van der Waals surface area contributed by atoms with Crippen molar-refractivity contribution in [1.29, 1.82) is 0 Å². The van der Waals surface area contributed by atoms with Crippen LogP contribution in [0, 0.1) is 5.82 Å². The molecule has 0 fully saturated rings. The zero-order valence-electron chi connectivity index (χ0n) is 13.9. The fourth-order valence-electron chi connectivity index (χ4n) is 3.03. The molecule has 0 N–H and O–H groups in total. The predicted octanol–water partition coefficient (Wildman–Crippen LogP) is 4.96. The molecule has 4 rings (SSSR count). The van der Waals surface area contributed by atoms with E-state index in [1.165, 1.54) is 12.1 Å². The highest BCUT2D eigenvalue weighted by atomic mass is 19.1. The fraction of sp³-hybridized carbons (Fsp3) is 0.0455. The van der Waals surface area contributed by atoms with Gasteiger partial charge in [-0.25, -0.2) is 9.18 Å². The third kappa shape index (κ3) is 3.09. The van der Waals surface area contributed by atoms with Crippen LogP contribution in [-0.2, 0) is 6.54 Å². The third-order valence-corrected chi connectivity index (χ3v) is 4.21. The SMILES string of the molecule is O=c1oc(-c2ccccc2)c(-c2ccccc2)n1Cc1cccc(F)c1. The van der Waals surface area contributed by atoms with Crippen LogP contribution in [0.15, 0.2) is 94.1 Å². The molecule has 0 amide bonds. The summed E-state index contributed by atoms with van der Waals surface area (Å²) in [7, 11) is 0. The lowest BCUT2D eigenvalue weighted by Gasteiger charge is -2.09. The Hall–Kier alpha value is -3.40. The highest BCUT2D eigenvalue weighted by molar-refractivity contribution is 5.77. The second-order valence-corrected chi connectivity index (χ2v) is 5.99. The summed E-state index contributed by atoms with van der Waals surface area (Å²) in [5.74, 6) is -0.284. The predicted molar refractivity (Wildman–Crippen MR) is 99.3 cm³/mol. The summed E-state index contributed by atoms with van der Waals surface area (Å²) in [6.45, 7) is 0.233. The maximum absolute atomic E-state index is 13.6. The van der Waals surface area contributed by atoms with Crippen molar-refractivity contribution < 1.29 is 8.81 Å². The molecule has 0 saturated heterocycles. The number of halogens is 1. The molecule has 0 aliphatic heterocycles. The molecule has 0 saturated carbocycles. The Labute approximate surface area is 150 Å². The molecule has 0 atom stereocenters. The Balaban J connectivity index is 1.91. The van der Waals surface area contributed by atoms with Crippen LogP contribution in [0.1, 0.15) is 5.56 Å². The van der Waals surface area contributed by atoms with Crippen LogP contribution in [-0.4, -0.2) is 4.57 Å². The summed E-state index contributed by atoms with van der Waals surface area (Å²) in [6.07, 6.45) is 0. The molecule has 0 spiro atoms. The number of aromatic nitrogens is 1. The van der Waals surface area contributed by atoms with Crippen molar-refractivity contribution in [1.82, 2.24) is 4.57 Å².